The van der Waals surface area contributed by atoms with Gasteiger partial charge in [0.2, 0.25) is 0 Å². The minimum atomic E-state index is 0.175. The van der Waals surface area contributed by atoms with Crippen LogP contribution in [0.25, 0.3) is 0 Å². The first-order valence-corrected chi connectivity index (χ1v) is 8.57. The molecule has 0 aliphatic rings. The van der Waals surface area contributed by atoms with E-state index < -0.39 is 0 Å². The molecule has 16 heavy (non-hydrogen) atoms. The van der Waals surface area contributed by atoms with Crippen molar-refractivity contribution in [3.63, 3.8) is 0 Å². The first kappa shape index (κ1) is 15.0. The van der Waals surface area contributed by atoms with Crippen LogP contribution in [0.2, 0.25) is 0 Å². The van der Waals surface area contributed by atoms with E-state index in [1.54, 1.807) is 11.3 Å². The molecule has 1 unspecified atom stereocenters. The minimum Gasteiger partial charge on any atom is -0.131 e. The highest BCUT2D eigenvalue weighted by atomic mass is 79.9. The molecule has 0 aliphatic carbocycles. The summed E-state index contributed by atoms with van der Waals surface area (Å²) in [5.41, 5.74) is 0. The number of thiophene rings is 1. The zero-order valence-electron chi connectivity index (χ0n) is 9.44. The summed E-state index contributed by atoms with van der Waals surface area (Å²) in [5, 5.41) is 0.175. The largest absolute Gasteiger partial charge is 0.131 e. The first-order chi connectivity index (χ1) is 7.65. The van der Waals surface area contributed by atoms with Crippen LogP contribution in [0.5, 0.6) is 0 Å². The molecule has 1 aromatic heterocycles. The average Bonchev–Trinajstić information content (AvgIpc) is 2.59. The number of alkyl halides is 1. The third-order valence-electron chi connectivity index (χ3n) is 2.53. The van der Waals surface area contributed by atoms with Crippen molar-refractivity contribution in [2.45, 2.75) is 50.8 Å². The normalized spacial score (nSPS) is 13.0. The number of rotatable bonds is 7. The van der Waals surface area contributed by atoms with Gasteiger partial charge in [0.25, 0.3) is 0 Å². The van der Waals surface area contributed by atoms with Crippen LogP contribution in [-0.2, 0) is 0 Å². The van der Waals surface area contributed by atoms with Crippen molar-refractivity contribution in [2.24, 2.45) is 0 Å². The van der Waals surface area contributed by atoms with E-state index in [0.29, 0.717) is 0 Å². The third kappa shape index (κ3) is 5.07. The smallest absolute Gasteiger partial charge is 0.0843 e. The summed E-state index contributed by atoms with van der Waals surface area (Å²) in [6.07, 6.45) is 7.63. The summed E-state index contributed by atoms with van der Waals surface area (Å²) in [4.78, 5) is 1.26. The van der Waals surface area contributed by atoms with Gasteiger partial charge in [-0.05, 0) is 44.3 Å². The Balaban J connectivity index is 2.27. The number of unbranched alkanes of at least 4 members (excludes halogenated alkanes) is 4. The van der Waals surface area contributed by atoms with Crippen LogP contribution in [0.15, 0.2) is 14.3 Å². The second-order valence-electron chi connectivity index (χ2n) is 3.94. The highest BCUT2D eigenvalue weighted by Crippen LogP contribution is 2.39. The van der Waals surface area contributed by atoms with Gasteiger partial charge in [-0.1, -0.05) is 39.0 Å². The summed E-state index contributed by atoms with van der Waals surface area (Å²) < 4.78 is 2.25. The van der Waals surface area contributed by atoms with E-state index in [4.69, 9.17) is 11.6 Å². The molecule has 1 heterocycles. The molecule has 0 aliphatic heterocycles. The Bertz CT molecular complexity index is 292. The highest BCUT2D eigenvalue weighted by Gasteiger charge is 2.12. The minimum absolute atomic E-state index is 0.175. The summed E-state index contributed by atoms with van der Waals surface area (Å²) in [5.74, 6) is 0. The summed E-state index contributed by atoms with van der Waals surface area (Å²) in [6.45, 7) is 2.24. The average molecular weight is 389 g/mol. The van der Waals surface area contributed by atoms with Gasteiger partial charge in [-0.25, -0.2) is 0 Å². The fourth-order valence-electron chi connectivity index (χ4n) is 1.59. The van der Waals surface area contributed by atoms with E-state index in [2.05, 4.69) is 44.8 Å². The van der Waals surface area contributed by atoms with E-state index in [-0.39, 0.29) is 5.38 Å². The van der Waals surface area contributed by atoms with E-state index in [1.807, 2.05) is 0 Å². The molecule has 4 heteroatoms. The molecule has 0 amide bonds. The van der Waals surface area contributed by atoms with E-state index in [1.165, 1.54) is 37.0 Å². The quantitative estimate of drug-likeness (QED) is 0.351. The lowest BCUT2D eigenvalue weighted by atomic mass is 10.1. The predicted octanol–water partition coefficient (Wildman–Crippen LogP) is 6.91. The van der Waals surface area contributed by atoms with E-state index >= 15 is 0 Å². The van der Waals surface area contributed by atoms with Gasteiger partial charge in [-0.3, -0.25) is 0 Å². The molecule has 0 radical (unpaired) electrons. The standard InChI is InChI=1S/C12H17Br2ClS/c1-2-3-4-5-6-7-10(15)11-8-9(13)12(14)16-11/h8,10H,2-7H2,1H3. The van der Waals surface area contributed by atoms with Gasteiger partial charge in [-0.15, -0.1) is 22.9 Å². The van der Waals surface area contributed by atoms with Gasteiger partial charge < -0.3 is 0 Å². The van der Waals surface area contributed by atoms with E-state index in [9.17, 15) is 0 Å². The molecule has 0 bridgehead atoms. The summed E-state index contributed by atoms with van der Waals surface area (Å²) >= 11 is 15.1. The van der Waals surface area contributed by atoms with Crippen molar-refractivity contribution in [1.82, 2.24) is 0 Å². The lowest BCUT2D eigenvalue weighted by Gasteiger charge is -2.06. The number of hydrogen-bond donors (Lipinski definition) is 0. The van der Waals surface area contributed by atoms with Crippen LogP contribution in [0.3, 0.4) is 0 Å². The van der Waals surface area contributed by atoms with Crippen LogP contribution < -0.4 is 0 Å². The Morgan fingerprint density at radius 1 is 1.25 bits per heavy atom. The maximum absolute atomic E-state index is 6.37. The Labute approximate surface area is 124 Å². The van der Waals surface area contributed by atoms with Crippen molar-refractivity contribution in [2.75, 3.05) is 0 Å². The lowest BCUT2D eigenvalue weighted by molar-refractivity contribution is 0.603. The molecule has 0 fully saturated rings. The maximum Gasteiger partial charge on any atom is 0.0843 e. The van der Waals surface area contributed by atoms with Gasteiger partial charge >= 0.3 is 0 Å². The van der Waals surface area contributed by atoms with Gasteiger partial charge in [0.05, 0.1) is 9.16 Å². The van der Waals surface area contributed by atoms with Crippen LogP contribution >= 0.6 is 54.8 Å². The fraction of sp³-hybridized carbons (Fsp3) is 0.667. The number of hydrogen-bond acceptors (Lipinski definition) is 1. The molecule has 0 saturated carbocycles. The zero-order chi connectivity index (χ0) is 12.0. The topological polar surface area (TPSA) is 0 Å². The molecule has 0 aromatic carbocycles. The highest BCUT2D eigenvalue weighted by molar-refractivity contribution is 9.13. The lowest BCUT2D eigenvalue weighted by Crippen LogP contribution is -1.87. The third-order valence-corrected chi connectivity index (χ3v) is 6.49. The molecule has 92 valence electrons. The summed E-state index contributed by atoms with van der Waals surface area (Å²) in [6, 6.07) is 2.12. The Morgan fingerprint density at radius 3 is 2.50 bits per heavy atom. The molecule has 0 N–H and O–H groups in total. The second kappa shape index (κ2) is 8.12. The molecule has 0 nitrogen and oxygen atoms in total. The monoisotopic (exact) mass is 386 g/mol. The Kier molecular flexibility index (Phi) is 7.62. The molecule has 1 atom stereocenters. The van der Waals surface area contributed by atoms with Crippen molar-refractivity contribution < 1.29 is 0 Å². The van der Waals surface area contributed by atoms with Crippen LogP contribution in [0, 0.1) is 0 Å². The zero-order valence-corrected chi connectivity index (χ0v) is 14.2. The van der Waals surface area contributed by atoms with Crippen molar-refractivity contribution in [1.29, 1.82) is 0 Å². The molecule has 0 spiro atoms. The van der Waals surface area contributed by atoms with Crippen LogP contribution in [0.1, 0.15) is 55.7 Å². The first-order valence-electron chi connectivity index (χ1n) is 5.74. The van der Waals surface area contributed by atoms with Gasteiger partial charge in [-0.2, -0.15) is 0 Å². The summed E-state index contributed by atoms with van der Waals surface area (Å²) in [7, 11) is 0. The van der Waals surface area contributed by atoms with Crippen molar-refractivity contribution in [3.8, 4) is 0 Å². The van der Waals surface area contributed by atoms with Crippen LogP contribution in [0.4, 0.5) is 0 Å². The SMILES string of the molecule is CCCCCCCC(Cl)c1cc(Br)c(Br)s1. The number of halogens is 3. The molecule has 1 rings (SSSR count). The Morgan fingerprint density at radius 2 is 1.94 bits per heavy atom. The predicted molar refractivity (Wildman–Crippen MR) is 81.7 cm³/mol. The Hall–Kier alpha value is 0.950. The maximum atomic E-state index is 6.37. The fourth-order valence-corrected chi connectivity index (χ4v) is 4.04. The molecule has 0 saturated heterocycles. The molecular weight excluding hydrogens is 371 g/mol. The molecule has 1 aromatic rings. The second-order valence-corrected chi connectivity index (χ2v) is 7.72. The van der Waals surface area contributed by atoms with E-state index in [0.717, 1.165) is 14.7 Å². The van der Waals surface area contributed by atoms with Gasteiger partial charge in [0.1, 0.15) is 0 Å². The molecular formula is C12H17Br2ClS. The van der Waals surface area contributed by atoms with Crippen molar-refractivity contribution >= 4 is 54.8 Å². The van der Waals surface area contributed by atoms with Gasteiger partial charge in [0, 0.05) is 9.35 Å². The van der Waals surface area contributed by atoms with Gasteiger partial charge in [0.15, 0.2) is 0 Å². The van der Waals surface area contributed by atoms with Crippen LogP contribution in [-0.4, -0.2) is 0 Å². The van der Waals surface area contributed by atoms with Crippen molar-refractivity contribution in [3.05, 3.63) is 19.2 Å².